The van der Waals surface area contributed by atoms with Gasteiger partial charge in [-0.2, -0.15) is 0 Å². The van der Waals surface area contributed by atoms with E-state index in [4.69, 9.17) is 0 Å². The summed E-state index contributed by atoms with van der Waals surface area (Å²) in [7, 11) is 0. The first-order valence-corrected chi connectivity index (χ1v) is 7.73. The van der Waals surface area contributed by atoms with Crippen molar-refractivity contribution in [3.8, 4) is 0 Å². The smallest absolute Gasteiger partial charge is 0.00793 e. The molecule has 0 saturated heterocycles. The van der Waals surface area contributed by atoms with Crippen LogP contribution in [0.25, 0.3) is 0 Å². The molecule has 0 aromatic rings. The third-order valence-corrected chi connectivity index (χ3v) is 4.70. The second-order valence-electron chi connectivity index (χ2n) is 6.48. The van der Waals surface area contributed by atoms with Gasteiger partial charge in [-0.25, -0.2) is 0 Å². The lowest BCUT2D eigenvalue weighted by Gasteiger charge is -2.33. The summed E-state index contributed by atoms with van der Waals surface area (Å²) in [4.78, 5) is 0. The fourth-order valence-electron chi connectivity index (χ4n) is 3.47. The maximum Gasteiger partial charge on any atom is 0.00793 e. The molecule has 2 rings (SSSR count). The first-order chi connectivity index (χ1) is 8.29. The molecule has 0 aliphatic heterocycles. The van der Waals surface area contributed by atoms with Crippen molar-refractivity contribution in [2.24, 2.45) is 5.41 Å². The third-order valence-electron chi connectivity index (χ3n) is 4.70. The van der Waals surface area contributed by atoms with Crippen molar-refractivity contribution in [1.82, 2.24) is 10.6 Å². The molecule has 0 heterocycles. The van der Waals surface area contributed by atoms with Crippen LogP contribution in [0, 0.1) is 5.41 Å². The van der Waals surface area contributed by atoms with Crippen molar-refractivity contribution in [2.75, 3.05) is 19.6 Å². The molecule has 2 heteroatoms. The number of hydrogen-bond acceptors (Lipinski definition) is 2. The zero-order chi connectivity index (χ0) is 12.0. The molecule has 0 amide bonds. The summed E-state index contributed by atoms with van der Waals surface area (Å²) < 4.78 is 0. The molecule has 2 saturated carbocycles. The molecule has 2 aliphatic rings. The second-order valence-corrected chi connectivity index (χ2v) is 6.48. The third kappa shape index (κ3) is 4.59. The standard InChI is InChI=1S/C15H30N2/c1-15(9-5-2-6-10-15)13-16-11-12-17-14-7-3-4-8-14/h14,16-17H,2-13H2,1H3. The summed E-state index contributed by atoms with van der Waals surface area (Å²) in [5.41, 5.74) is 0.589. The summed E-state index contributed by atoms with van der Waals surface area (Å²) in [6, 6.07) is 0.821. The van der Waals surface area contributed by atoms with Gasteiger partial charge in [0.1, 0.15) is 0 Å². The highest BCUT2D eigenvalue weighted by atomic mass is 15.0. The minimum atomic E-state index is 0.589. The van der Waals surface area contributed by atoms with Crippen molar-refractivity contribution >= 4 is 0 Å². The Morgan fingerprint density at radius 3 is 2.35 bits per heavy atom. The molecule has 0 bridgehead atoms. The largest absolute Gasteiger partial charge is 0.315 e. The molecule has 0 aromatic carbocycles. The van der Waals surface area contributed by atoms with Crippen molar-refractivity contribution in [3.63, 3.8) is 0 Å². The van der Waals surface area contributed by atoms with E-state index in [1.807, 2.05) is 0 Å². The van der Waals surface area contributed by atoms with Gasteiger partial charge in [-0.15, -0.1) is 0 Å². The highest BCUT2D eigenvalue weighted by Gasteiger charge is 2.25. The predicted molar refractivity (Wildman–Crippen MR) is 74.3 cm³/mol. The predicted octanol–water partition coefficient (Wildman–Crippen LogP) is 3.08. The van der Waals surface area contributed by atoms with Crippen LogP contribution in [0.2, 0.25) is 0 Å². The first kappa shape index (κ1) is 13.4. The van der Waals surface area contributed by atoms with Crippen LogP contribution in [0.3, 0.4) is 0 Å². The lowest BCUT2D eigenvalue weighted by molar-refractivity contribution is 0.208. The lowest BCUT2D eigenvalue weighted by Crippen LogP contribution is -2.38. The van der Waals surface area contributed by atoms with Crippen molar-refractivity contribution < 1.29 is 0 Å². The number of nitrogens with one attached hydrogen (secondary N) is 2. The van der Waals surface area contributed by atoms with Gasteiger partial charge in [0.05, 0.1) is 0 Å². The Kier molecular flexibility index (Phi) is 5.30. The quantitative estimate of drug-likeness (QED) is 0.695. The van der Waals surface area contributed by atoms with Gasteiger partial charge in [0.15, 0.2) is 0 Å². The summed E-state index contributed by atoms with van der Waals surface area (Å²) in [5.74, 6) is 0. The van der Waals surface area contributed by atoms with E-state index >= 15 is 0 Å². The fourth-order valence-corrected chi connectivity index (χ4v) is 3.47. The highest BCUT2D eigenvalue weighted by molar-refractivity contribution is 4.81. The maximum atomic E-state index is 3.67. The van der Waals surface area contributed by atoms with E-state index in [0.717, 1.165) is 19.1 Å². The molecule has 0 spiro atoms. The molecule has 2 nitrogen and oxygen atoms in total. The summed E-state index contributed by atoms with van der Waals surface area (Å²) in [6.45, 7) is 5.98. The minimum absolute atomic E-state index is 0.589. The molecular weight excluding hydrogens is 208 g/mol. The van der Waals surface area contributed by atoms with E-state index in [2.05, 4.69) is 17.6 Å². The topological polar surface area (TPSA) is 24.1 Å². The van der Waals surface area contributed by atoms with E-state index < -0.39 is 0 Å². The molecule has 0 aromatic heterocycles. The fraction of sp³-hybridized carbons (Fsp3) is 1.00. The van der Waals surface area contributed by atoms with Gasteiger partial charge in [0, 0.05) is 25.7 Å². The Morgan fingerprint density at radius 1 is 0.941 bits per heavy atom. The maximum absolute atomic E-state index is 3.67. The molecule has 2 fully saturated rings. The van der Waals surface area contributed by atoms with Crippen LogP contribution >= 0.6 is 0 Å². The lowest BCUT2D eigenvalue weighted by atomic mass is 9.76. The van der Waals surface area contributed by atoms with E-state index in [-0.39, 0.29) is 0 Å². The molecule has 2 aliphatic carbocycles. The van der Waals surface area contributed by atoms with E-state index in [1.54, 1.807) is 0 Å². The Balaban J connectivity index is 1.50. The monoisotopic (exact) mass is 238 g/mol. The van der Waals surface area contributed by atoms with Gasteiger partial charge in [-0.3, -0.25) is 0 Å². The van der Waals surface area contributed by atoms with Gasteiger partial charge in [0.2, 0.25) is 0 Å². The van der Waals surface area contributed by atoms with Crippen LogP contribution in [0.5, 0.6) is 0 Å². The van der Waals surface area contributed by atoms with Crippen molar-refractivity contribution in [1.29, 1.82) is 0 Å². The Labute approximate surface area is 107 Å². The molecule has 0 unspecified atom stereocenters. The summed E-state index contributed by atoms with van der Waals surface area (Å²) in [6.07, 6.45) is 12.9. The van der Waals surface area contributed by atoms with Crippen LogP contribution in [-0.2, 0) is 0 Å². The molecule has 0 radical (unpaired) electrons. The Morgan fingerprint density at radius 2 is 1.65 bits per heavy atom. The Hall–Kier alpha value is -0.0800. The van der Waals surface area contributed by atoms with E-state index in [0.29, 0.717) is 5.41 Å². The van der Waals surface area contributed by atoms with Gasteiger partial charge < -0.3 is 10.6 Å². The van der Waals surface area contributed by atoms with Gasteiger partial charge in [0.25, 0.3) is 0 Å². The van der Waals surface area contributed by atoms with Crippen LogP contribution in [0.4, 0.5) is 0 Å². The zero-order valence-electron chi connectivity index (χ0n) is 11.6. The van der Waals surface area contributed by atoms with Gasteiger partial charge in [-0.1, -0.05) is 39.0 Å². The molecule has 100 valence electrons. The van der Waals surface area contributed by atoms with Gasteiger partial charge >= 0.3 is 0 Å². The molecule has 0 atom stereocenters. The highest BCUT2D eigenvalue weighted by Crippen LogP contribution is 2.34. The molecule has 17 heavy (non-hydrogen) atoms. The molecular formula is C15H30N2. The first-order valence-electron chi connectivity index (χ1n) is 7.73. The van der Waals surface area contributed by atoms with Crippen LogP contribution < -0.4 is 10.6 Å². The summed E-state index contributed by atoms with van der Waals surface area (Å²) in [5, 5.41) is 7.33. The van der Waals surface area contributed by atoms with Crippen molar-refractivity contribution in [2.45, 2.75) is 70.8 Å². The molecule has 2 N–H and O–H groups in total. The Bertz CT molecular complexity index is 203. The van der Waals surface area contributed by atoms with Crippen molar-refractivity contribution in [3.05, 3.63) is 0 Å². The minimum Gasteiger partial charge on any atom is -0.315 e. The number of rotatable bonds is 6. The van der Waals surface area contributed by atoms with E-state index in [1.165, 1.54) is 64.3 Å². The van der Waals surface area contributed by atoms with Crippen LogP contribution in [-0.4, -0.2) is 25.7 Å². The average molecular weight is 238 g/mol. The normalized spacial score (nSPS) is 25.2. The van der Waals surface area contributed by atoms with Crippen LogP contribution in [0.15, 0.2) is 0 Å². The summed E-state index contributed by atoms with van der Waals surface area (Å²) >= 11 is 0. The van der Waals surface area contributed by atoms with E-state index in [9.17, 15) is 0 Å². The average Bonchev–Trinajstić information content (AvgIpc) is 2.82. The zero-order valence-corrected chi connectivity index (χ0v) is 11.6. The van der Waals surface area contributed by atoms with Crippen LogP contribution in [0.1, 0.15) is 64.7 Å². The SMILES string of the molecule is CC1(CNCCNC2CCCC2)CCCCC1. The van der Waals surface area contributed by atoms with Gasteiger partial charge in [-0.05, 0) is 31.1 Å². The number of hydrogen-bond donors (Lipinski definition) is 2. The second kappa shape index (κ2) is 6.75.